The number of aromatic nitrogens is 2. The third-order valence-corrected chi connectivity index (χ3v) is 5.10. The normalized spacial score (nSPS) is 15.7. The molecule has 1 atom stereocenters. The quantitative estimate of drug-likeness (QED) is 0.648. The van der Waals surface area contributed by atoms with Gasteiger partial charge in [0, 0.05) is 43.0 Å². The van der Waals surface area contributed by atoms with E-state index in [0.717, 1.165) is 38.3 Å². The van der Waals surface area contributed by atoms with Gasteiger partial charge >= 0.3 is 6.03 Å². The summed E-state index contributed by atoms with van der Waals surface area (Å²) < 4.78 is 5.45. The summed E-state index contributed by atoms with van der Waals surface area (Å²) in [4.78, 5) is 33.4. The van der Waals surface area contributed by atoms with E-state index in [1.807, 2.05) is 12.1 Å². The van der Waals surface area contributed by atoms with Gasteiger partial charge < -0.3 is 20.4 Å². The van der Waals surface area contributed by atoms with Gasteiger partial charge in [0.05, 0.1) is 18.9 Å². The average molecular weight is 414 g/mol. The fraction of sp³-hybridized carbons (Fsp3) is 0.500. The number of anilines is 1. The molecule has 1 aliphatic rings. The van der Waals surface area contributed by atoms with Gasteiger partial charge in [-0.1, -0.05) is 26.0 Å². The van der Waals surface area contributed by atoms with E-state index in [2.05, 4.69) is 39.3 Å². The molecular weight excluding hydrogens is 382 g/mol. The molecule has 8 nitrogen and oxygen atoms in total. The average Bonchev–Trinajstić information content (AvgIpc) is 2.71. The first-order chi connectivity index (χ1) is 14.4. The number of aromatic amines is 1. The Hall–Kier alpha value is -2.71. The van der Waals surface area contributed by atoms with Gasteiger partial charge in [0.2, 0.25) is 0 Å². The van der Waals surface area contributed by atoms with E-state index in [1.54, 1.807) is 19.1 Å². The van der Waals surface area contributed by atoms with Gasteiger partial charge in [-0.05, 0) is 31.4 Å². The molecule has 0 bridgehead atoms. The van der Waals surface area contributed by atoms with Crippen molar-refractivity contribution < 1.29 is 9.53 Å². The van der Waals surface area contributed by atoms with Crippen molar-refractivity contribution in [2.75, 3.05) is 38.2 Å². The lowest BCUT2D eigenvalue weighted by Crippen LogP contribution is -2.49. The molecule has 1 aliphatic heterocycles. The molecule has 0 saturated carbocycles. The minimum absolute atomic E-state index is 0.185. The van der Waals surface area contributed by atoms with Gasteiger partial charge in [0.15, 0.2) is 0 Å². The van der Waals surface area contributed by atoms with Gasteiger partial charge in [-0.15, -0.1) is 0 Å². The Morgan fingerprint density at radius 3 is 2.57 bits per heavy atom. The highest BCUT2D eigenvalue weighted by molar-refractivity contribution is 5.89. The molecule has 0 radical (unpaired) electrons. The first kappa shape index (κ1) is 22.0. The molecule has 1 aromatic carbocycles. The molecule has 1 saturated heterocycles. The molecule has 0 unspecified atom stereocenters. The number of hydrogen-bond donors (Lipinski definition) is 3. The SMILES string of the molecule is Cc1nc(-c2ccc(NC(=O)NC[C@@H](CC(C)C)N3CCOCC3)cc2)cc(=O)[nH]1. The zero-order valence-corrected chi connectivity index (χ0v) is 17.9. The highest BCUT2D eigenvalue weighted by Gasteiger charge is 2.22. The summed E-state index contributed by atoms with van der Waals surface area (Å²) in [5.41, 5.74) is 1.92. The van der Waals surface area contributed by atoms with E-state index in [0.29, 0.717) is 35.7 Å². The fourth-order valence-electron chi connectivity index (χ4n) is 3.69. The second-order valence-corrected chi connectivity index (χ2v) is 8.06. The van der Waals surface area contributed by atoms with Crippen LogP contribution in [0.1, 0.15) is 26.1 Å². The third kappa shape index (κ3) is 6.40. The van der Waals surface area contributed by atoms with Gasteiger partial charge in [0.1, 0.15) is 5.82 Å². The topological polar surface area (TPSA) is 99.3 Å². The Morgan fingerprint density at radius 1 is 1.23 bits per heavy atom. The van der Waals surface area contributed by atoms with Crippen LogP contribution in [0.2, 0.25) is 0 Å². The summed E-state index contributed by atoms with van der Waals surface area (Å²) in [7, 11) is 0. The fourth-order valence-corrected chi connectivity index (χ4v) is 3.69. The van der Waals surface area contributed by atoms with Crippen LogP contribution < -0.4 is 16.2 Å². The zero-order chi connectivity index (χ0) is 21.5. The first-order valence-corrected chi connectivity index (χ1v) is 10.5. The van der Waals surface area contributed by atoms with Gasteiger partial charge in [-0.3, -0.25) is 9.69 Å². The molecule has 8 heteroatoms. The van der Waals surface area contributed by atoms with Crippen molar-refractivity contribution in [3.63, 3.8) is 0 Å². The summed E-state index contributed by atoms with van der Waals surface area (Å²) in [6.07, 6.45) is 1.03. The molecule has 3 N–H and O–H groups in total. The summed E-state index contributed by atoms with van der Waals surface area (Å²) in [6, 6.07) is 8.82. The van der Waals surface area contributed by atoms with E-state index < -0.39 is 0 Å². The lowest BCUT2D eigenvalue weighted by molar-refractivity contribution is 0.0130. The number of benzene rings is 1. The minimum Gasteiger partial charge on any atom is -0.379 e. The zero-order valence-electron chi connectivity index (χ0n) is 17.9. The van der Waals surface area contributed by atoms with Crippen LogP contribution in [0, 0.1) is 12.8 Å². The number of hydrogen-bond acceptors (Lipinski definition) is 5. The van der Waals surface area contributed by atoms with Gasteiger partial charge in [0.25, 0.3) is 5.56 Å². The van der Waals surface area contributed by atoms with Crippen LogP contribution in [-0.4, -0.2) is 59.8 Å². The van der Waals surface area contributed by atoms with Crippen LogP contribution in [0.5, 0.6) is 0 Å². The largest absolute Gasteiger partial charge is 0.379 e. The van der Waals surface area contributed by atoms with Gasteiger partial charge in [-0.25, -0.2) is 9.78 Å². The molecule has 1 fully saturated rings. The Kier molecular flexibility index (Phi) is 7.59. The minimum atomic E-state index is -0.227. The number of aryl methyl sites for hydroxylation is 1. The molecular formula is C22H31N5O3. The number of morpholine rings is 1. The Morgan fingerprint density at radius 2 is 1.93 bits per heavy atom. The molecule has 0 spiro atoms. The standard InChI is InChI=1S/C22H31N5O3/c1-15(2)12-19(27-8-10-30-11-9-27)14-23-22(29)26-18-6-4-17(5-7-18)20-13-21(28)25-16(3)24-20/h4-7,13,15,19H,8-12,14H2,1-3H3,(H2,23,26,29)(H,24,25,28)/t19-/m1/s1. The Bertz CT molecular complexity index is 888. The number of carbonyl (C=O) groups is 1. The van der Waals surface area contributed by atoms with Crippen LogP contribution in [0.4, 0.5) is 10.5 Å². The van der Waals surface area contributed by atoms with Crippen LogP contribution in [0.15, 0.2) is 35.1 Å². The number of amides is 2. The molecule has 1 aromatic heterocycles. The number of rotatable bonds is 7. The van der Waals surface area contributed by atoms with Crippen LogP contribution in [-0.2, 0) is 4.74 Å². The van der Waals surface area contributed by atoms with E-state index in [9.17, 15) is 9.59 Å². The summed E-state index contributed by atoms with van der Waals surface area (Å²) in [6.45, 7) is 10.0. The maximum Gasteiger partial charge on any atom is 0.319 e. The maximum absolute atomic E-state index is 12.4. The van der Waals surface area contributed by atoms with Crippen molar-refractivity contribution in [1.29, 1.82) is 0 Å². The van der Waals surface area contributed by atoms with E-state index in [1.165, 1.54) is 6.07 Å². The van der Waals surface area contributed by atoms with Crippen molar-refractivity contribution >= 4 is 11.7 Å². The number of nitrogens with one attached hydrogen (secondary N) is 3. The van der Waals surface area contributed by atoms with Crippen molar-refractivity contribution in [2.45, 2.75) is 33.2 Å². The highest BCUT2D eigenvalue weighted by Crippen LogP contribution is 2.18. The molecule has 2 amide bonds. The van der Waals surface area contributed by atoms with E-state index >= 15 is 0 Å². The van der Waals surface area contributed by atoms with Crippen LogP contribution in [0.3, 0.4) is 0 Å². The summed E-state index contributed by atoms with van der Waals surface area (Å²) in [5.74, 6) is 1.12. The molecule has 0 aliphatic carbocycles. The summed E-state index contributed by atoms with van der Waals surface area (Å²) >= 11 is 0. The number of carbonyl (C=O) groups excluding carboxylic acids is 1. The summed E-state index contributed by atoms with van der Waals surface area (Å²) in [5, 5.41) is 5.88. The predicted octanol–water partition coefficient (Wildman–Crippen LogP) is 2.61. The van der Waals surface area contributed by atoms with Crippen molar-refractivity contribution in [2.24, 2.45) is 5.92 Å². The van der Waals surface area contributed by atoms with Crippen LogP contribution in [0.25, 0.3) is 11.3 Å². The number of H-pyrrole nitrogens is 1. The highest BCUT2D eigenvalue weighted by atomic mass is 16.5. The second-order valence-electron chi connectivity index (χ2n) is 8.06. The molecule has 30 heavy (non-hydrogen) atoms. The molecule has 162 valence electrons. The second kappa shape index (κ2) is 10.4. The lowest BCUT2D eigenvalue weighted by Gasteiger charge is -2.35. The monoisotopic (exact) mass is 413 g/mol. The van der Waals surface area contributed by atoms with Gasteiger partial charge in [-0.2, -0.15) is 0 Å². The predicted molar refractivity (Wildman–Crippen MR) is 118 cm³/mol. The van der Waals surface area contributed by atoms with E-state index in [4.69, 9.17) is 4.74 Å². The van der Waals surface area contributed by atoms with Crippen molar-refractivity contribution in [3.05, 3.63) is 46.5 Å². The maximum atomic E-state index is 12.4. The number of ether oxygens (including phenoxy) is 1. The van der Waals surface area contributed by atoms with Crippen molar-refractivity contribution in [1.82, 2.24) is 20.2 Å². The number of urea groups is 1. The molecule has 2 aromatic rings. The first-order valence-electron chi connectivity index (χ1n) is 10.5. The lowest BCUT2D eigenvalue weighted by atomic mass is 10.0. The smallest absolute Gasteiger partial charge is 0.319 e. The van der Waals surface area contributed by atoms with Crippen molar-refractivity contribution in [3.8, 4) is 11.3 Å². The molecule has 3 rings (SSSR count). The van der Waals surface area contributed by atoms with E-state index in [-0.39, 0.29) is 11.6 Å². The third-order valence-electron chi connectivity index (χ3n) is 5.10. The number of nitrogens with zero attached hydrogens (tertiary/aromatic N) is 2. The Labute approximate surface area is 177 Å². The molecule has 2 heterocycles. The Balaban J connectivity index is 1.56. The van der Waals surface area contributed by atoms with Crippen LogP contribution >= 0.6 is 0 Å².